The molecule has 150 valence electrons. The molecule has 1 saturated heterocycles. The predicted octanol–water partition coefficient (Wildman–Crippen LogP) is 5.07. The quantitative estimate of drug-likeness (QED) is 0.650. The monoisotopic (exact) mass is 370 g/mol. The van der Waals surface area contributed by atoms with Crippen molar-refractivity contribution in [2.45, 2.75) is 47.0 Å². The lowest BCUT2D eigenvalue weighted by molar-refractivity contribution is 0.111. The molecule has 1 aromatic carbocycles. The molecule has 1 unspecified atom stereocenters. The van der Waals surface area contributed by atoms with Gasteiger partial charge in [0.15, 0.2) is 0 Å². The third-order valence-electron chi connectivity index (χ3n) is 6.35. The first-order chi connectivity index (χ1) is 13.0. The third kappa shape index (κ3) is 5.36. The zero-order valence-electron chi connectivity index (χ0n) is 17.8. The average molecular weight is 371 g/mol. The second kappa shape index (κ2) is 9.25. The van der Waals surface area contributed by atoms with E-state index in [1.165, 1.54) is 30.5 Å². The lowest BCUT2D eigenvalue weighted by Gasteiger charge is -2.38. The van der Waals surface area contributed by atoms with Gasteiger partial charge in [0, 0.05) is 50.6 Å². The largest absolute Gasteiger partial charge is 0.380 e. The summed E-state index contributed by atoms with van der Waals surface area (Å²) in [6, 6.07) is 9.05. The number of nitrogens with zero attached hydrogens (tertiary/aromatic N) is 2. The molecule has 27 heavy (non-hydrogen) atoms. The Kier molecular flexibility index (Phi) is 6.99. The number of rotatable bonds is 6. The van der Waals surface area contributed by atoms with Gasteiger partial charge in [-0.15, -0.1) is 0 Å². The normalized spacial score (nSPS) is 22.0. The Morgan fingerprint density at radius 1 is 1.07 bits per heavy atom. The van der Waals surface area contributed by atoms with Crippen LogP contribution in [0.15, 0.2) is 30.3 Å². The van der Waals surface area contributed by atoms with Gasteiger partial charge in [-0.3, -0.25) is 4.90 Å². The first kappa shape index (κ1) is 20.4. The van der Waals surface area contributed by atoms with Gasteiger partial charge >= 0.3 is 0 Å². The summed E-state index contributed by atoms with van der Waals surface area (Å²) in [5.41, 5.74) is 4.87. The van der Waals surface area contributed by atoms with Crippen LogP contribution >= 0.6 is 0 Å². The second-order valence-corrected chi connectivity index (χ2v) is 9.11. The van der Waals surface area contributed by atoms with Crippen LogP contribution in [-0.4, -0.2) is 50.8 Å². The number of para-hydroxylation sites is 1. The molecule has 3 heteroatoms. The molecule has 1 aliphatic heterocycles. The van der Waals surface area contributed by atoms with E-state index in [2.05, 4.69) is 67.8 Å². The van der Waals surface area contributed by atoms with Gasteiger partial charge in [-0.25, -0.2) is 0 Å². The molecule has 0 bridgehead atoms. The number of anilines is 1. The molecule has 0 spiro atoms. The predicted molar refractivity (Wildman–Crippen MR) is 116 cm³/mol. The molecular weight excluding hydrogens is 332 g/mol. The van der Waals surface area contributed by atoms with E-state index in [1.54, 1.807) is 5.57 Å². The van der Waals surface area contributed by atoms with Crippen LogP contribution in [0.3, 0.4) is 0 Å². The zero-order chi connectivity index (χ0) is 19.3. The molecular formula is C24H38N2O. The highest BCUT2D eigenvalue weighted by Crippen LogP contribution is 2.41. The van der Waals surface area contributed by atoms with Crippen molar-refractivity contribution in [2.75, 3.05) is 50.8 Å². The smallest absolute Gasteiger partial charge is 0.0593 e. The molecule has 0 N–H and O–H groups in total. The lowest BCUT2D eigenvalue weighted by atomic mass is 9.72. The maximum atomic E-state index is 5.52. The van der Waals surface area contributed by atoms with Crippen molar-refractivity contribution in [3.05, 3.63) is 35.9 Å². The minimum atomic E-state index is 0.416. The van der Waals surface area contributed by atoms with Crippen molar-refractivity contribution in [1.29, 1.82) is 0 Å². The van der Waals surface area contributed by atoms with Crippen molar-refractivity contribution < 1.29 is 4.74 Å². The molecule has 0 aromatic heterocycles. The third-order valence-corrected chi connectivity index (χ3v) is 6.35. The summed E-state index contributed by atoms with van der Waals surface area (Å²) in [7, 11) is 0. The molecule has 2 aliphatic rings. The van der Waals surface area contributed by atoms with Crippen LogP contribution in [-0.2, 0) is 4.74 Å². The van der Waals surface area contributed by atoms with Gasteiger partial charge in [0.2, 0.25) is 0 Å². The molecule has 3 rings (SSSR count). The van der Waals surface area contributed by atoms with Crippen LogP contribution in [0.2, 0.25) is 0 Å². The first-order valence-corrected chi connectivity index (χ1v) is 10.8. The van der Waals surface area contributed by atoms with Crippen molar-refractivity contribution in [3.63, 3.8) is 0 Å². The van der Waals surface area contributed by atoms with E-state index in [0.717, 1.165) is 51.9 Å². The maximum Gasteiger partial charge on any atom is 0.0593 e. The fourth-order valence-electron chi connectivity index (χ4n) is 4.44. The number of hydrogen-bond acceptors (Lipinski definition) is 3. The van der Waals surface area contributed by atoms with Gasteiger partial charge < -0.3 is 9.64 Å². The molecule has 0 saturated carbocycles. The molecule has 1 fully saturated rings. The van der Waals surface area contributed by atoms with E-state index in [1.807, 2.05) is 0 Å². The molecule has 3 nitrogen and oxygen atoms in total. The summed E-state index contributed by atoms with van der Waals surface area (Å²) in [5, 5.41) is 0. The second-order valence-electron chi connectivity index (χ2n) is 9.11. The van der Waals surface area contributed by atoms with Crippen LogP contribution in [0, 0.1) is 11.3 Å². The van der Waals surface area contributed by atoms with E-state index in [-0.39, 0.29) is 0 Å². The highest BCUT2D eigenvalue weighted by atomic mass is 16.5. The minimum Gasteiger partial charge on any atom is -0.380 e. The summed E-state index contributed by atoms with van der Waals surface area (Å²) in [6.45, 7) is 16.4. The number of hydrogen-bond donors (Lipinski definition) is 0. The maximum absolute atomic E-state index is 5.52. The Balaban J connectivity index is 1.65. The molecule has 0 radical (unpaired) electrons. The van der Waals surface area contributed by atoms with E-state index < -0.39 is 0 Å². The van der Waals surface area contributed by atoms with Gasteiger partial charge in [0.05, 0.1) is 6.61 Å². The molecule has 0 amide bonds. The number of piperazine rings is 1. The Morgan fingerprint density at radius 3 is 2.44 bits per heavy atom. The van der Waals surface area contributed by atoms with Gasteiger partial charge in [-0.2, -0.15) is 0 Å². The van der Waals surface area contributed by atoms with E-state index in [0.29, 0.717) is 5.41 Å². The summed E-state index contributed by atoms with van der Waals surface area (Å²) in [5.74, 6) is 0.808. The standard InChI is InChI=1S/C24H38N2O/c1-5-27-19-18-25-14-16-26(17-15-25)23-9-7-6-8-22(23)20-10-12-21(13-11-20)24(2,3)4/h6-10,21H,5,11-19H2,1-4H3. The fraction of sp³-hybridized carbons (Fsp3) is 0.667. The minimum absolute atomic E-state index is 0.416. The van der Waals surface area contributed by atoms with Crippen LogP contribution in [0.5, 0.6) is 0 Å². The highest BCUT2D eigenvalue weighted by Gasteiger charge is 2.27. The zero-order valence-corrected chi connectivity index (χ0v) is 17.8. The van der Waals surface area contributed by atoms with Crippen molar-refractivity contribution >= 4 is 11.3 Å². The van der Waals surface area contributed by atoms with Crippen LogP contribution in [0.1, 0.15) is 52.5 Å². The van der Waals surface area contributed by atoms with E-state index in [9.17, 15) is 0 Å². The molecule has 1 atom stereocenters. The summed E-state index contributed by atoms with van der Waals surface area (Å²) in [6.07, 6.45) is 6.27. The summed E-state index contributed by atoms with van der Waals surface area (Å²) in [4.78, 5) is 5.12. The van der Waals surface area contributed by atoms with Crippen LogP contribution in [0.4, 0.5) is 5.69 Å². The molecule has 1 aliphatic carbocycles. The topological polar surface area (TPSA) is 15.7 Å². The number of benzene rings is 1. The van der Waals surface area contributed by atoms with E-state index in [4.69, 9.17) is 4.74 Å². The molecule has 1 aromatic rings. The van der Waals surface area contributed by atoms with E-state index >= 15 is 0 Å². The highest BCUT2D eigenvalue weighted by molar-refractivity contribution is 5.77. The van der Waals surface area contributed by atoms with Crippen LogP contribution < -0.4 is 4.90 Å². The van der Waals surface area contributed by atoms with Gasteiger partial charge in [-0.1, -0.05) is 45.0 Å². The number of allylic oxidation sites excluding steroid dienone is 2. The van der Waals surface area contributed by atoms with Crippen molar-refractivity contribution in [2.24, 2.45) is 11.3 Å². The number of ether oxygens (including phenoxy) is 1. The van der Waals surface area contributed by atoms with Crippen LogP contribution in [0.25, 0.3) is 5.57 Å². The Bertz CT molecular complexity index is 624. The lowest BCUT2D eigenvalue weighted by Crippen LogP contribution is -2.47. The van der Waals surface area contributed by atoms with Crippen molar-refractivity contribution in [3.8, 4) is 0 Å². The average Bonchev–Trinajstić information content (AvgIpc) is 2.68. The Morgan fingerprint density at radius 2 is 1.81 bits per heavy atom. The summed E-state index contributed by atoms with van der Waals surface area (Å²) >= 11 is 0. The van der Waals surface area contributed by atoms with Crippen molar-refractivity contribution in [1.82, 2.24) is 4.90 Å². The summed E-state index contributed by atoms with van der Waals surface area (Å²) < 4.78 is 5.52. The Hall–Kier alpha value is -1.32. The van der Waals surface area contributed by atoms with Gasteiger partial charge in [0.1, 0.15) is 0 Å². The first-order valence-electron chi connectivity index (χ1n) is 10.8. The van der Waals surface area contributed by atoms with Gasteiger partial charge in [0.25, 0.3) is 0 Å². The SMILES string of the molecule is CCOCCN1CCN(c2ccccc2C2=CCC(C(C)(C)C)CC2)CC1. The van der Waals surface area contributed by atoms with Gasteiger partial charge in [-0.05, 0) is 49.2 Å². The fourth-order valence-corrected chi connectivity index (χ4v) is 4.44. The molecule has 1 heterocycles. The Labute approximate surface area is 166 Å².